The summed E-state index contributed by atoms with van der Waals surface area (Å²) in [6.07, 6.45) is 4.89. The molecular weight excluding hydrogens is 280 g/mol. The van der Waals surface area contributed by atoms with Crippen LogP contribution in [0.3, 0.4) is 0 Å². The summed E-state index contributed by atoms with van der Waals surface area (Å²) >= 11 is 1.97. The first-order valence-corrected chi connectivity index (χ1v) is 9.09. The van der Waals surface area contributed by atoms with E-state index in [1.807, 2.05) is 11.3 Å². The molecule has 2 unspecified atom stereocenters. The number of nitrogens with zero attached hydrogens (tertiary/aromatic N) is 3. The Kier molecular flexibility index (Phi) is 4.94. The first kappa shape index (κ1) is 15.4. The number of likely N-dealkylation sites (N-methyl/N-ethyl adjacent to an activating group) is 2. The van der Waals surface area contributed by atoms with Crippen LogP contribution in [0.25, 0.3) is 0 Å². The molecule has 2 atom stereocenters. The maximum absolute atomic E-state index is 5.02. The summed E-state index contributed by atoms with van der Waals surface area (Å²) in [7, 11) is 4.49. The number of thiazole rings is 1. The largest absolute Gasteiger partial charge is 0.309 e. The molecule has 1 aromatic heterocycles. The second kappa shape index (κ2) is 6.73. The summed E-state index contributed by atoms with van der Waals surface area (Å²) in [5, 5.41) is 4.94. The first-order valence-electron chi connectivity index (χ1n) is 8.28. The smallest absolute Gasteiger partial charge is 0.0947 e. The van der Waals surface area contributed by atoms with Crippen LogP contribution in [0.4, 0.5) is 0 Å². The summed E-state index contributed by atoms with van der Waals surface area (Å²) in [4.78, 5) is 11.5. The zero-order valence-corrected chi connectivity index (χ0v) is 14.4. The van der Waals surface area contributed by atoms with Gasteiger partial charge in [0.15, 0.2) is 0 Å². The summed E-state index contributed by atoms with van der Waals surface area (Å²) in [5.74, 6) is 0. The predicted octanol–water partition coefficient (Wildman–Crippen LogP) is 1.92. The second-order valence-corrected chi connectivity index (χ2v) is 7.69. The van der Waals surface area contributed by atoms with Crippen molar-refractivity contribution in [1.82, 2.24) is 20.1 Å². The third-order valence-electron chi connectivity index (χ3n) is 4.84. The van der Waals surface area contributed by atoms with Gasteiger partial charge in [0.2, 0.25) is 0 Å². The highest BCUT2D eigenvalue weighted by molar-refractivity contribution is 7.11. The van der Waals surface area contributed by atoms with Crippen molar-refractivity contribution in [2.45, 2.75) is 44.7 Å². The molecule has 0 amide bonds. The first-order chi connectivity index (χ1) is 10.2. The fraction of sp³-hybridized carbons (Fsp3) is 0.812. The highest BCUT2D eigenvalue weighted by Gasteiger charge is 2.27. The van der Waals surface area contributed by atoms with Gasteiger partial charge in [0, 0.05) is 37.0 Å². The molecule has 0 bridgehead atoms. The van der Waals surface area contributed by atoms with Crippen molar-refractivity contribution in [1.29, 1.82) is 0 Å². The highest BCUT2D eigenvalue weighted by Crippen LogP contribution is 2.34. The van der Waals surface area contributed by atoms with Crippen LogP contribution < -0.4 is 5.32 Å². The van der Waals surface area contributed by atoms with E-state index in [0.29, 0.717) is 12.1 Å². The molecule has 21 heavy (non-hydrogen) atoms. The van der Waals surface area contributed by atoms with Crippen LogP contribution in [-0.4, -0.2) is 61.1 Å². The van der Waals surface area contributed by atoms with E-state index in [9.17, 15) is 0 Å². The van der Waals surface area contributed by atoms with Crippen molar-refractivity contribution in [3.8, 4) is 0 Å². The van der Waals surface area contributed by atoms with Crippen molar-refractivity contribution in [3.05, 3.63) is 15.6 Å². The summed E-state index contributed by atoms with van der Waals surface area (Å²) in [6.45, 7) is 6.75. The van der Waals surface area contributed by atoms with Gasteiger partial charge in [-0.2, -0.15) is 0 Å². The van der Waals surface area contributed by atoms with E-state index >= 15 is 0 Å². The quantitative estimate of drug-likeness (QED) is 0.921. The van der Waals surface area contributed by atoms with Crippen molar-refractivity contribution in [2.24, 2.45) is 0 Å². The van der Waals surface area contributed by atoms with E-state index in [1.165, 1.54) is 47.9 Å². The maximum atomic E-state index is 5.02. The number of hydrogen-bond acceptors (Lipinski definition) is 5. The summed E-state index contributed by atoms with van der Waals surface area (Å²) in [6, 6.07) is 1.12. The Labute approximate surface area is 132 Å². The van der Waals surface area contributed by atoms with Gasteiger partial charge in [0.05, 0.1) is 16.7 Å². The predicted molar refractivity (Wildman–Crippen MR) is 89.1 cm³/mol. The normalized spacial score (nSPS) is 27.8. The zero-order valence-electron chi connectivity index (χ0n) is 13.6. The lowest BCUT2D eigenvalue weighted by molar-refractivity contribution is 0.114. The van der Waals surface area contributed by atoms with Gasteiger partial charge in [0.25, 0.3) is 0 Å². The molecule has 0 aromatic carbocycles. The van der Waals surface area contributed by atoms with Crippen LogP contribution in [0, 0.1) is 0 Å². The van der Waals surface area contributed by atoms with Crippen LogP contribution in [0.2, 0.25) is 0 Å². The van der Waals surface area contributed by atoms with E-state index in [0.717, 1.165) is 19.5 Å². The van der Waals surface area contributed by atoms with Crippen LogP contribution in [0.5, 0.6) is 0 Å². The fourth-order valence-corrected chi connectivity index (χ4v) is 4.77. The summed E-state index contributed by atoms with van der Waals surface area (Å²) in [5.41, 5.74) is 1.36. The van der Waals surface area contributed by atoms with Crippen LogP contribution >= 0.6 is 11.3 Å². The van der Waals surface area contributed by atoms with Gasteiger partial charge < -0.3 is 15.1 Å². The van der Waals surface area contributed by atoms with Crippen LogP contribution in [-0.2, 0) is 12.8 Å². The standard InChI is InChI=1S/C16H28N4S/c1-4-17-13-6-5-7-14-16(13)18-15(21-14)10-12-11-19(2)8-9-20(12)3/h12-13,17H,4-11H2,1-3H3. The van der Waals surface area contributed by atoms with Crippen molar-refractivity contribution in [2.75, 3.05) is 40.3 Å². The molecule has 118 valence electrons. The minimum Gasteiger partial charge on any atom is -0.309 e. The molecule has 1 N–H and O–H groups in total. The minimum atomic E-state index is 0.496. The molecule has 5 heteroatoms. The zero-order chi connectivity index (χ0) is 14.8. The van der Waals surface area contributed by atoms with Crippen molar-refractivity contribution in [3.63, 3.8) is 0 Å². The van der Waals surface area contributed by atoms with Gasteiger partial charge >= 0.3 is 0 Å². The van der Waals surface area contributed by atoms with Crippen LogP contribution in [0.1, 0.15) is 41.4 Å². The van der Waals surface area contributed by atoms with Gasteiger partial charge in [-0.05, 0) is 39.9 Å². The molecule has 1 saturated heterocycles. The molecule has 1 aliphatic carbocycles. The Morgan fingerprint density at radius 2 is 2.19 bits per heavy atom. The third-order valence-corrected chi connectivity index (χ3v) is 5.99. The van der Waals surface area contributed by atoms with Crippen LogP contribution in [0.15, 0.2) is 0 Å². The maximum Gasteiger partial charge on any atom is 0.0947 e. The number of fused-ring (bicyclic) bond motifs is 1. The Morgan fingerprint density at radius 3 is 3.00 bits per heavy atom. The van der Waals surface area contributed by atoms with Gasteiger partial charge in [-0.3, -0.25) is 0 Å². The molecule has 0 saturated carbocycles. The Bertz CT molecular complexity index is 473. The molecule has 2 heterocycles. The Balaban J connectivity index is 1.72. The van der Waals surface area contributed by atoms with E-state index in [2.05, 4.69) is 36.1 Å². The number of rotatable bonds is 4. The van der Waals surface area contributed by atoms with E-state index < -0.39 is 0 Å². The Hall–Kier alpha value is -0.490. The van der Waals surface area contributed by atoms with Crippen molar-refractivity contribution >= 4 is 11.3 Å². The Morgan fingerprint density at radius 1 is 1.33 bits per heavy atom. The number of nitrogens with one attached hydrogen (secondary N) is 1. The molecule has 1 fully saturated rings. The number of aryl methyl sites for hydroxylation is 1. The van der Waals surface area contributed by atoms with Gasteiger partial charge in [0.1, 0.15) is 0 Å². The van der Waals surface area contributed by atoms with Gasteiger partial charge in [-0.1, -0.05) is 6.92 Å². The fourth-order valence-electron chi connectivity index (χ4n) is 3.52. The molecule has 3 rings (SSSR count). The lowest BCUT2D eigenvalue weighted by atomic mass is 9.97. The molecule has 1 aliphatic heterocycles. The SMILES string of the molecule is CCNC1CCCc2sc(CC3CN(C)CCN3C)nc21. The van der Waals surface area contributed by atoms with Gasteiger partial charge in [-0.25, -0.2) is 4.98 Å². The lowest BCUT2D eigenvalue weighted by Crippen LogP contribution is -2.50. The number of piperazine rings is 1. The van der Waals surface area contributed by atoms with E-state index in [1.54, 1.807) is 0 Å². The summed E-state index contributed by atoms with van der Waals surface area (Å²) < 4.78 is 0. The minimum absolute atomic E-state index is 0.496. The monoisotopic (exact) mass is 308 g/mol. The van der Waals surface area contributed by atoms with E-state index in [4.69, 9.17) is 4.98 Å². The number of hydrogen-bond donors (Lipinski definition) is 1. The lowest BCUT2D eigenvalue weighted by Gasteiger charge is -2.37. The number of aromatic nitrogens is 1. The highest BCUT2D eigenvalue weighted by atomic mass is 32.1. The topological polar surface area (TPSA) is 31.4 Å². The van der Waals surface area contributed by atoms with Crippen molar-refractivity contribution < 1.29 is 0 Å². The second-order valence-electron chi connectivity index (χ2n) is 6.52. The molecule has 2 aliphatic rings. The molecular formula is C16H28N4S. The van der Waals surface area contributed by atoms with E-state index in [-0.39, 0.29) is 0 Å². The molecule has 4 nitrogen and oxygen atoms in total. The molecule has 0 spiro atoms. The molecule has 0 radical (unpaired) electrons. The molecule has 1 aromatic rings. The average Bonchev–Trinajstić information content (AvgIpc) is 2.87. The average molecular weight is 308 g/mol. The van der Waals surface area contributed by atoms with Gasteiger partial charge in [-0.15, -0.1) is 11.3 Å². The third kappa shape index (κ3) is 3.47.